The fourth-order valence-electron chi connectivity index (χ4n) is 4.74. The van der Waals surface area contributed by atoms with Crippen molar-refractivity contribution in [3.8, 4) is 0 Å². The highest BCUT2D eigenvalue weighted by Crippen LogP contribution is 2.34. The minimum Gasteiger partial charge on any atom is -0.342 e. The van der Waals surface area contributed by atoms with Crippen LogP contribution >= 0.6 is 15.9 Å². The van der Waals surface area contributed by atoms with E-state index in [1.165, 1.54) is 5.56 Å². The summed E-state index contributed by atoms with van der Waals surface area (Å²) in [5.41, 5.74) is 4.46. The lowest BCUT2D eigenvalue weighted by atomic mass is 9.88. The van der Waals surface area contributed by atoms with Gasteiger partial charge in [-0.05, 0) is 61.3 Å². The Kier molecular flexibility index (Phi) is 5.68. The number of piperidine rings is 1. The Balaban J connectivity index is 1.42. The van der Waals surface area contributed by atoms with E-state index in [-0.39, 0.29) is 17.6 Å². The Bertz CT molecular complexity index is 899. The zero-order chi connectivity index (χ0) is 19.7. The molecule has 0 saturated carbocycles. The van der Waals surface area contributed by atoms with Gasteiger partial charge in [-0.25, -0.2) is 0 Å². The number of fused-ring (bicyclic) bond motifs is 1. The second kappa shape index (κ2) is 8.20. The predicted molar refractivity (Wildman–Crippen MR) is 115 cm³/mol. The van der Waals surface area contributed by atoms with Crippen molar-refractivity contribution in [2.75, 3.05) is 13.1 Å². The second-order valence-corrected chi connectivity index (χ2v) is 8.94. The molecule has 4 heteroatoms. The monoisotopic (exact) mass is 439 g/mol. The largest absolute Gasteiger partial charge is 0.342 e. The van der Waals surface area contributed by atoms with Crippen molar-refractivity contribution in [3.05, 3.63) is 69.2 Å². The standard InChI is InChI=1S/C24H26BrNO2/c1-16-5-4-7-21-19(16)10-9-18(15-23(21)27)24(28)26-13-11-17(12-14-26)20-6-2-3-8-22(20)25/h2-8,17-18H,9-15H2,1H3. The Hall–Kier alpha value is -1.94. The van der Waals surface area contributed by atoms with Gasteiger partial charge in [0, 0.05) is 35.5 Å². The van der Waals surface area contributed by atoms with E-state index in [1.54, 1.807) is 0 Å². The normalized spacial score (nSPS) is 20.6. The number of carbonyl (C=O) groups excluding carboxylic acids is 2. The average Bonchev–Trinajstić information content (AvgIpc) is 2.88. The molecule has 3 nitrogen and oxygen atoms in total. The molecule has 1 unspecified atom stereocenters. The van der Waals surface area contributed by atoms with Gasteiger partial charge in [-0.1, -0.05) is 52.3 Å². The van der Waals surface area contributed by atoms with E-state index in [2.05, 4.69) is 47.1 Å². The molecule has 1 aliphatic heterocycles. The van der Waals surface area contributed by atoms with Crippen LogP contribution in [0.2, 0.25) is 0 Å². The maximum absolute atomic E-state index is 13.2. The zero-order valence-corrected chi connectivity index (χ0v) is 17.9. The first-order valence-corrected chi connectivity index (χ1v) is 11.0. The van der Waals surface area contributed by atoms with Crippen molar-refractivity contribution in [3.63, 3.8) is 0 Å². The topological polar surface area (TPSA) is 37.4 Å². The third kappa shape index (κ3) is 3.80. The number of aryl methyl sites for hydroxylation is 1. The molecule has 1 atom stereocenters. The molecule has 1 heterocycles. The summed E-state index contributed by atoms with van der Waals surface area (Å²) in [5.74, 6) is 0.601. The molecule has 2 aliphatic rings. The van der Waals surface area contributed by atoms with Gasteiger partial charge in [-0.15, -0.1) is 0 Å². The minimum atomic E-state index is -0.181. The quantitative estimate of drug-likeness (QED) is 0.595. The van der Waals surface area contributed by atoms with Crippen LogP contribution in [0.25, 0.3) is 0 Å². The molecule has 4 rings (SSSR count). The fourth-order valence-corrected chi connectivity index (χ4v) is 5.34. The van der Waals surface area contributed by atoms with Crippen molar-refractivity contribution in [2.45, 2.75) is 44.9 Å². The summed E-state index contributed by atoms with van der Waals surface area (Å²) in [6.45, 7) is 3.61. The first kappa shape index (κ1) is 19.4. The lowest BCUT2D eigenvalue weighted by molar-refractivity contribution is -0.136. The Morgan fingerprint density at radius 1 is 1.04 bits per heavy atom. The van der Waals surface area contributed by atoms with E-state index in [0.717, 1.165) is 59.9 Å². The number of halogens is 1. The van der Waals surface area contributed by atoms with Crippen LogP contribution in [0.3, 0.4) is 0 Å². The Morgan fingerprint density at radius 3 is 2.54 bits per heavy atom. The van der Waals surface area contributed by atoms with Gasteiger partial charge in [0.05, 0.1) is 0 Å². The van der Waals surface area contributed by atoms with Crippen LogP contribution < -0.4 is 0 Å². The van der Waals surface area contributed by atoms with Gasteiger partial charge in [0.1, 0.15) is 0 Å². The molecular formula is C24H26BrNO2. The summed E-state index contributed by atoms with van der Waals surface area (Å²) >= 11 is 3.66. The Labute approximate surface area is 175 Å². The number of carbonyl (C=O) groups is 2. The number of nitrogens with zero attached hydrogens (tertiary/aromatic N) is 1. The number of hydrogen-bond donors (Lipinski definition) is 0. The lowest BCUT2D eigenvalue weighted by Crippen LogP contribution is -2.41. The van der Waals surface area contributed by atoms with Crippen LogP contribution in [-0.2, 0) is 11.2 Å². The predicted octanol–water partition coefficient (Wildman–Crippen LogP) is 5.30. The maximum Gasteiger partial charge on any atom is 0.226 e. The third-order valence-electron chi connectivity index (χ3n) is 6.39. The van der Waals surface area contributed by atoms with Gasteiger partial charge < -0.3 is 4.90 Å². The first-order chi connectivity index (χ1) is 13.5. The number of Topliss-reactive ketones (excluding diaryl/α,β-unsaturated/α-hetero) is 1. The molecule has 146 valence electrons. The van der Waals surface area contributed by atoms with Crippen LogP contribution in [0.4, 0.5) is 0 Å². The number of hydrogen-bond acceptors (Lipinski definition) is 2. The number of ketones is 1. The van der Waals surface area contributed by atoms with Crippen molar-refractivity contribution in [1.82, 2.24) is 4.90 Å². The van der Waals surface area contributed by atoms with Gasteiger partial charge in [0.2, 0.25) is 5.91 Å². The van der Waals surface area contributed by atoms with Gasteiger partial charge in [-0.2, -0.15) is 0 Å². The SMILES string of the molecule is Cc1cccc2c1CCC(C(=O)N1CCC(c3ccccc3Br)CC1)CC2=O. The van der Waals surface area contributed by atoms with Crippen LogP contribution in [-0.4, -0.2) is 29.7 Å². The molecule has 0 bridgehead atoms. The first-order valence-electron chi connectivity index (χ1n) is 10.2. The van der Waals surface area contributed by atoms with Crippen molar-refractivity contribution >= 4 is 27.6 Å². The van der Waals surface area contributed by atoms with E-state index in [4.69, 9.17) is 0 Å². The van der Waals surface area contributed by atoms with Crippen LogP contribution in [0.5, 0.6) is 0 Å². The average molecular weight is 440 g/mol. The highest BCUT2D eigenvalue weighted by Gasteiger charge is 2.33. The summed E-state index contributed by atoms with van der Waals surface area (Å²) in [5, 5.41) is 0. The highest BCUT2D eigenvalue weighted by atomic mass is 79.9. The number of rotatable bonds is 2. The van der Waals surface area contributed by atoms with Crippen molar-refractivity contribution in [2.24, 2.45) is 5.92 Å². The molecule has 2 aromatic carbocycles. The van der Waals surface area contributed by atoms with E-state index in [9.17, 15) is 9.59 Å². The van der Waals surface area contributed by atoms with E-state index in [0.29, 0.717) is 12.3 Å². The van der Waals surface area contributed by atoms with Crippen LogP contribution in [0, 0.1) is 12.8 Å². The van der Waals surface area contributed by atoms with E-state index in [1.807, 2.05) is 23.1 Å². The molecule has 1 amide bonds. The molecule has 28 heavy (non-hydrogen) atoms. The molecule has 0 radical (unpaired) electrons. The summed E-state index contributed by atoms with van der Waals surface area (Å²) in [6.07, 6.45) is 3.90. The highest BCUT2D eigenvalue weighted by molar-refractivity contribution is 9.10. The number of benzene rings is 2. The molecular weight excluding hydrogens is 414 g/mol. The smallest absolute Gasteiger partial charge is 0.226 e. The minimum absolute atomic E-state index is 0.123. The number of likely N-dealkylation sites (tertiary alicyclic amines) is 1. The molecule has 0 N–H and O–H groups in total. The maximum atomic E-state index is 13.2. The van der Waals surface area contributed by atoms with Gasteiger partial charge >= 0.3 is 0 Å². The summed E-state index contributed by atoms with van der Waals surface area (Å²) < 4.78 is 1.15. The second-order valence-electron chi connectivity index (χ2n) is 8.08. The molecule has 1 fully saturated rings. The van der Waals surface area contributed by atoms with E-state index < -0.39 is 0 Å². The zero-order valence-electron chi connectivity index (χ0n) is 16.3. The Morgan fingerprint density at radius 2 is 1.79 bits per heavy atom. The molecule has 1 saturated heterocycles. The van der Waals surface area contributed by atoms with Gasteiger partial charge in [0.25, 0.3) is 0 Å². The van der Waals surface area contributed by atoms with Crippen molar-refractivity contribution < 1.29 is 9.59 Å². The van der Waals surface area contributed by atoms with Crippen LogP contribution in [0.15, 0.2) is 46.9 Å². The molecule has 2 aromatic rings. The number of amides is 1. The summed E-state index contributed by atoms with van der Waals surface area (Å²) in [6, 6.07) is 14.3. The van der Waals surface area contributed by atoms with E-state index >= 15 is 0 Å². The third-order valence-corrected chi connectivity index (χ3v) is 7.11. The molecule has 0 aromatic heterocycles. The summed E-state index contributed by atoms with van der Waals surface area (Å²) in [7, 11) is 0. The molecule has 0 spiro atoms. The van der Waals surface area contributed by atoms with Crippen LogP contribution in [0.1, 0.15) is 58.6 Å². The van der Waals surface area contributed by atoms with Crippen molar-refractivity contribution in [1.29, 1.82) is 0 Å². The molecule has 1 aliphatic carbocycles. The van der Waals surface area contributed by atoms with Gasteiger partial charge in [0.15, 0.2) is 5.78 Å². The summed E-state index contributed by atoms with van der Waals surface area (Å²) in [4.78, 5) is 27.9. The fraction of sp³-hybridized carbons (Fsp3) is 0.417. The lowest BCUT2D eigenvalue weighted by Gasteiger charge is -2.34. The van der Waals surface area contributed by atoms with Gasteiger partial charge in [-0.3, -0.25) is 9.59 Å².